The second-order valence-corrected chi connectivity index (χ2v) is 10.2. The first-order valence-corrected chi connectivity index (χ1v) is 11.9. The van der Waals surface area contributed by atoms with E-state index in [0.29, 0.717) is 39.0 Å². The quantitative estimate of drug-likeness (QED) is 0.240. The third-order valence-corrected chi connectivity index (χ3v) is 5.35. The molecule has 0 fully saturated rings. The van der Waals surface area contributed by atoms with Crippen LogP contribution in [0, 0.1) is 0 Å². The largest absolute Gasteiger partial charge is 0.497 e. The topological polar surface area (TPSA) is 105 Å². The first kappa shape index (κ1) is 29.8. The van der Waals surface area contributed by atoms with E-state index < -0.39 is 29.2 Å². The van der Waals surface area contributed by atoms with Gasteiger partial charge in [0.2, 0.25) is 5.60 Å². The van der Waals surface area contributed by atoms with Crippen molar-refractivity contribution in [2.75, 3.05) is 26.6 Å². The van der Waals surface area contributed by atoms with Crippen molar-refractivity contribution in [3.05, 3.63) is 52.5 Å². The molecule has 0 aromatic heterocycles. The van der Waals surface area contributed by atoms with Crippen LogP contribution in [0.2, 0.25) is 5.02 Å². The smallest absolute Gasteiger partial charge is 0.353 e. The number of hydrogen-bond donors (Lipinski definition) is 1. The molecule has 0 radical (unpaired) electrons. The van der Waals surface area contributed by atoms with Crippen molar-refractivity contribution in [3.8, 4) is 11.5 Å². The van der Waals surface area contributed by atoms with Crippen molar-refractivity contribution in [2.24, 2.45) is 5.16 Å². The minimum absolute atomic E-state index is 0.425. The van der Waals surface area contributed by atoms with Gasteiger partial charge in [-0.2, -0.15) is 0 Å². The molecule has 10 heteroatoms. The van der Waals surface area contributed by atoms with Crippen LogP contribution in [0.5, 0.6) is 11.5 Å². The fraction of sp³-hybridized carbons (Fsp3) is 0.444. The molecule has 9 nitrogen and oxygen atoms in total. The first-order chi connectivity index (χ1) is 17.2. The fourth-order valence-electron chi connectivity index (χ4n) is 3.15. The van der Waals surface area contributed by atoms with E-state index >= 15 is 0 Å². The van der Waals surface area contributed by atoms with Crippen molar-refractivity contribution in [3.63, 3.8) is 0 Å². The third kappa shape index (κ3) is 8.28. The van der Waals surface area contributed by atoms with Crippen molar-refractivity contribution in [1.29, 1.82) is 0 Å². The van der Waals surface area contributed by atoms with Gasteiger partial charge in [0, 0.05) is 27.9 Å². The normalized spacial score (nSPS) is 12.9. The lowest BCUT2D eigenvalue weighted by Crippen LogP contribution is -2.40. The van der Waals surface area contributed by atoms with Crippen LogP contribution in [-0.4, -0.2) is 50.2 Å². The molecule has 2 aromatic rings. The van der Waals surface area contributed by atoms with Crippen LogP contribution in [0.3, 0.4) is 0 Å². The molecule has 1 atom stereocenters. The van der Waals surface area contributed by atoms with Gasteiger partial charge in [-0.15, -0.1) is 0 Å². The summed E-state index contributed by atoms with van der Waals surface area (Å²) in [6.45, 7) is 10.2. The summed E-state index contributed by atoms with van der Waals surface area (Å²) in [5.74, 6) is -0.137. The molecule has 0 aliphatic carbocycles. The van der Waals surface area contributed by atoms with E-state index in [1.54, 1.807) is 77.9 Å². The molecule has 0 saturated carbocycles. The summed E-state index contributed by atoms with van der Waals surface area (Å²) in [5.41, 5.74) is 0.215. The number of oxime groups is 1. The highest BCUT2D eigenvalue weighted by molar-refractivity contribution is 6.30. The maximum absolute atomic E-state index is 12.7. The molecule has 0 saturated heterocycles. The van der Waals surface area contributed by atoms with E-state index in [-0.39, 0.29) is 0 Å². The molecular weight excluding hydrogens is 500 g/mol. The van der Waals surface area contributed by atoms with E-state index in [9.17, 15) is 9.59 Å². The van der Waals surface area contributed by atoms with E-state index in [4.69, 9.17) is 35.4 Å². The SMILES string of the molecule is COC(=O)C(Nc1cc(OC)cc(C(C)=NOC(C)(C)C(=O)OC(C)(C)C)c1)c1ccc(Cl)cc1OC. The number of ether oxygens (including phenoxy) is 4. The maximum Gasteiger partial charge on any atom is 0.353 e. The van der Waals surface area contributed by atoms with Gasteiger partial charge >= 0.3 is 11.9 Å². The molecule has 37 heavy (non-hydrogen) atoms. The standard InChI is InChI=1S/C27H35ClN2O7/c1-16(30-37-27(5,6)25(32)36-26(2,3)4)17-12-19(15-20(13-17)33-7)29-23(24(31)35-9)21-11-10-18(28)14-22(21)34-8/h10-15,23,29H,1-9H3. The number of esters is 2. The molecule has 2 aromatic carbocycles. The molecule has 2 rings (SSSR count). The van der Waals surface area contributed by atoms with Gasteiger partial charge < -0.3 is 29.1 Å². The number of anilines is 1. The van der Waals surface area contributed by atoms with Crippen LogP contribution in [0.4, 0.5) is 5.69 Å². The predicted molar refractivity (Wildman–Crippen MR) is 143 cm³/mol. The Kier molecular flexibility index (Phi) is 9.80. The number of rotatable bonds is 10. The highest BCUT2D eigenvalue weighted by Gasteiger charge is 2.35. The van der Waals surface area contributed by atoms with Gasteiger partial charge in [-0.3, -0.25) is 0 Å². The van der Waals surface area contributed by atoms with Gasteiger partial charge in [0.1, 0.15) is 17.1 Å². The lowest BCUT2D eigenvalue weighted by molar-refractivity contribution is -0.179. The Balaban J connectivity index is 2.40. The number of hydrogen-bond acceptors (Lipinski definition) is 9. The van der Waals surface area contributed by atoms with Gasteiger partial charge in [-0.05, 0) is 65.8 Å². The lowest BCUT2D eigenvalue weighted by atomic mass is 10.0. The van der Waals surface area contributed by atoms with E-state index in [1.165, 1.54) is 21.3 Å². The van der Waals surface area contributed by atoms with E-state index in [1.807, 2.05) is 0 Å². The average molecular weight is 535 g/mol. The summed E-state index contributed by atoms with van der Waals surface area (Å²) < 4.78 is 21.3. The van der Waals surface area contributed by atoms with Crippen LogP contribution >= 0.6 is 11.6 Å². The van der Waals surface area contributed by atoms with Crippen molar-refractivity contribution in [2.45, 2.75) is 58.8 Å². The minimum Gasteiger partial charge on any atom is -0.497 e. The number of benzene rings is 2. The van der Waals surface area contributed by atoms with Gasteiger partial charge in [-0.1, -0.05) is 22.8 Å². The monoisotopic (exact) mass is 534 g/mol. The minimum atomic E-state index is -1.31. The Bertz CT molecular complexity index is 1160. The fourth-order valence-corrected chi connectivity index (χ4v) is 3.32. The lowest BCUT2D eigenvalue weighted by Gasteiger charge is -2.26. The summed E-state index contributed by atoms with van der Waals surface area (Å²) in [5, 5.41) is 7.81. The number of carbonyl (C=O) groups excluding carboxylic acids is 2. The Labute approximate surface area is 223 Å². The number of nitrogens with one attached hydrogen (secondary N) is 1. The van der Waals surface area contributed by atoms with Gasteiger partial charge in [-0.25, -0.2) is 9.59 Å². The van der Waals surface area contributed by atoms with Gasteiger partial charge in [0.05, 0.1) is 27.0 Å². The van der Waals surface area contributed by atoms with E-state index in [0.717, 1.165) is 0 Å². The Hall–Kier alpha value is -3.46. The number of halogens is 1. The second-order valence-electron chi connectivity index (χ2n) is 9.72. The van der Waals surface area contributed by atoms with Crippen LogP contribution < -0.4 is 14.8 Å². The van der Waals surface area contributed by atoms with Crippen LogP contribution in [0.25, 0.3) is 0 Å². The molecule has 0 bridgehead atoms. The summed E-state index contributed by atoms with van der Waals surface area (Å²) >= 11 is 6.09. The van der Waals surface area contributed by atoms with Gasteiger partial charge in [0.15, 0.2) is 6.04 Å². The Morgan fingerprint density at radius 2 is 1.65 bits per heavy atom. The molecule has 1 unspecified atom stereocenters. The Morgan fingerprint density at radius 1 is 0.973 bits per heavy atom. The molecule has 202 valence electrons. The molecule has 1 N–H and O–H groups in total. The van der Waals surface area contributed by atoms with Crippen LogP contribution in [-0.2, 0) is 23.9 Å². The zero-order chi connectivity index (χ0) is 28.0. The first-order valence-electron chi connectivity index (χ1n) is 11.5. The van der Waals surface area contributed by atoms with Crippen molar-refractivity contribution in [1.82, 2.24) is 0 Å². The molecule has 0 heterocycles. The third-order valence-electron chi connectivity index (χ3n) is 5.12. The maximum atomic E-state index is 12.7. The van der Waals surface area contributed by atoms with Gasteiger partial charge in [0.25, 0.3) is 0 Å². The zero-order valence-electron chi connectivity index (χ0n) is 22.7. The number of carbonyl (C=O) groups is 2. The molecule has 0 spiro atoms. The van der Waals surface area contributed by atoms with Crippen LogP contribution in [0.1, 0.15) is 58.7 Å². The summed E-state index contributed by atoms with van der Waals surface area (Å²) in [6, 6.07) is 9.31. The molecule has 0 amide bonds. The van der Waals surface area contributed by atoms with Crippen molar-refractivity contribution < 1.29 is 33.4 Å². The Morgan fingerprint density at radius 3 is 2.22 bits per heavy atom. The highest BCUT2D eigenvalue weighted by atomic mass is 35.5. The summed E-state index contributed by atoms with van der Waals surface area (Å²) in [7, 11) is 4.32. The highest BCUT2D eigenvalue weighted by Crippen LogP contribution is 2.33. The average Bonchev–Trinajstić information content (AvgIpc) is 2.84. The van der Waals surface area contributed by atoms with Crippen molar-refractivity contribution >= 4 is 34.9 Å². The molecule has 0 aliphatic rings. The molecule has 0 aliphatic heterocycles. The van der Waals surface area contributed by atoms with E-state index in [2.05, 4.69) is 10.5 Å². The zero-order valence-corrected chi connectivity index (χ0v) is 23.5. The predicted octanol–water partition coefficient (Wildman–Crippen LogP) is 5.54. The number of methoxy groups -OCH3 is 3. The molecular formula is C27H35ClN2O7. The summed E-state index contributed by atoms with van der Waals surface area (Å²) in [6.07, 6.45) is 0. The van der Waals surface area contributed by atoms with Crippen LogP contribution in [0.15, 0.2) is 41.6 Å². The number of nitrogens with zero attached hydrogens (tertiary/aromatic N) is 1. The summed E-state index contributed by atoms with van der Waals surface area (Å²) in [4.78, 5) is 30.8. The second kappa shape index (κ2) is 12.2.